The van der Waals surface area contributed by atoms with Crippen LogP contribution in [0.4, 0.5) is 10.5 Å². The van der Waals surface area contributed by atoms with Gasteiger partial charge in [0.1, 0.15) is 12.2 Å². The maximum absolute atomic E-state index is 12.9. The molecule has 0 spiro atoms. The molecule has 2 aliphatic rings. The van der Waals surface area contributed by atoms with E-state index in [2.05, 4.69) is 27.0 Å². The van der Waals surface area contributed by atoms with Crippen LogP contribution in [0.5, 0.6) is 0 Å². The van der Waals surface area contributed by atoms with E-state index in [1.165, 1.54) is 12.8 Å². The third-order valence-corrected chi connectivity index (χ3v) is 6.29. The van der Waals surface area contributed by atoms with Gasteiger partial charge in [-0.1, -0.05) is 18.5 Å². The van der Waals surface area contributed by atoms with Crippen molar-refractivity contribution >= 4 is 35.1 Å². The number of aromatic nitrogens is 3. The van der Waals surface area contributed by atoms with E-state index in [-0.39, 0.29) is 11.9 Å². The second-order valence-electron chi connectivity index (χ2n) is 7.12. The molecule has 2 fully saturated rings. The molecule has 2 amide bonds. The third-order valence-electron chi connectivity index (χ3n) is 5.10. The van der Waals surface area contributed by atoms with E-state index in [0.717, 1.165) is 41.5 Å². The first-order valence-electron chi connectivity index (χ1n) is 9.53. The monoisotopic (exact) mass is 405 g/mol. The number of nitrogens with one attached hydrogen (secondary N) is 1. The second-order valence-corrected chi connectivity index (χ2v) is 8.86. The van der Waals surface area contributed by atoms with Gasteiger partial charge >= 0.3 is 6.03 Å². The van der Waals surface area contributed by atoms with Crippen LogP contribution in [0.3, 0.4) is 0 Å². The van der Waals surface area contributed by atoms with Crippen LogP contribution in [-0.2, 0) is 0 Å². The number of amides is 2. The smallest absolute Gasteiger partial charge is 0.321 e. The number of hydrogen-bond acceptors (Lipinski definition) is 4. The summed E-state index contributed by atoms with van der Waals surface area (Å²) >= 11 is 7.83. The lowest BCUT2D eigenvalue weighted by molar-refractivity contribution is 0.190. The van der Waals surface area contributed by atoms with Crippen molar-refractivity contribution in [2.75, 3.05) is 24.2 Å². The highest BCUT2D eigenvalue weighted by Crippen LogP contribution is 2.38. The molecule has 1 aliphatic carbocycles. The van der Waals surface area contributed by atoms with E-state index in [4.69, 9.17) is 11.6 Å². The highest BCUT2D eigenvalue weighted by Gasteiger charge is 2.32. The largest absolute Gasteiger partial charge is 0.324 e. The summed E-state index contributed by atoms with van der Waals surface area (Å²) in [6.45, 7) is 3.53. The number of likely N-dealkylation sites (tertiary alicyclic amines) is 1. The Kier molecular flexibility index (Phi) is 5.59. The Balaban J connectivity index is 1.46. The minimum atomic E-state index is -0.0718. The average Bonchev–Trinajstić information content (AvgIpc) is 3.40. The summed E-state index contributed by atoms with van der Waals surface area (Å²) in [6.07, 6.45) is 6.26. The number of benzene rings is 1. The van der Waals surface area contributed by atoms with Crippen molar-refractivity contribution in [2.45, 2.75) is 49.5 Å². The quantitative estimate of drug-likeness (QED) is 0.726. The summed E-state index contributed by atoms with van der Waals surface area (Å²) in [6, 6.07) is 6.12. The molecule has 2 heterocycles. The molecule has 1 saturated heterocycles. The van der Waals surface area contributed by atoms with Crippen molar-refractivity contribution in [3.63, 3.8) is 0 Å². The highest BCUT2D eigenvalue weighted by molar-refractivity contribution is 7.99. The van der Waals surface area contributed by atoms with Crippen LogP contribution >= 0.6 is 23.4 Å². The predicted molar refractivity (Wildman–Crippen MR) is 109 cm³/mol. The summed E-state index contributed by atoms with van der Waals surface area (Å²) in [4.78, 5) is 15.8. The van der Waals surface area contributed by atoms with Crippen LogP contribution in [0.25, 0.3) is 0 Å². The zero-order chi connectivity index (χ0) is 18.8. The minimum absolute atomic E-state index is 0.0718. The Bertz CT molecular complexity index is 822. The standard InChI is InChI=1S/C19H24ClN5OS/c1-2-27-17-8-5-14(20)10-16(17)22-19(26)24-9-3-4-13(11-24)18-23-21-12-25(18)15-6-7-15/h5,8,10,12-13,15H,2-4,6-7,9,11H2,1H3,(H,22,26)/t13-/m1/s1. The first-order valence-corrected chi connectivity index (χ1v) is 10.9. The van der Waals surface area contributed by atoms with E-state index < -0.39 is 0 Å². The summed E-state index contributed by atoms with van der Waals surface area (Å²) < 4.78 is 2.21. The number of urea groups is 1. The summed E-state index contributed by atoms with van der Waals surface area (Å²) in [5.74, 6) is 2.21. The van der Waals surface area contributed by atoms with Crippen LogP contribution < -0.4 is 5.32 Å². The Morgan fingerprint density at radius 2 is 2.22 bits per heavy atom. The number of piperidine rings is 1. The number of rotatable bonds is 5. The maximum atomic E-state index is 12.9. The fraction of sp³-hybridized carbons (Fsp3) is 0.526. The summed E-state index contributed by atoms with van der Waals surface area (Å²) in [5.41, 5.74) is 0.780. The molecule has 1 aromatic carbocycles. The van der Waals surface area contributed by atoms with Gasteiger partial charge in [0.15, 0.2) is 0 Å². The van der Waals surface area contributed by atoms with E-state index in [0.29, 0.717) is 17.6 Å². The SMILES string of the molecule is CCSc1ccc(Cl)cc1NC(=O)N1CCC[C@@H](c2nncn2C2CC2)C1. The molecule has 0 radical (unpaired) electrons. The van der Waals surface area contributed by atoms with E-state index in [9.17, 15) is 4.79 Å². The van der Waals surface area contributed by atoms with Crippen LogP contribution in [0.1, 0.15) is 50.4 Å². The molecule has 4 rings (SSSR count). The normalized spacial score (nSPS) is 19.9. The van der Waals surface area contributed by atoms with Crippen LogP contribution in [-0.4, -0.2) is 44.5 Å². The molecule has 1 N–H and O–H groups in total. The predicted octanol–water partition coefficient (Wildman–Crippen LogP) is 4.79. The number of thioether (sulfide) groups is 1. The van der Waals surface area contributed by atoms with Gasteiger partial charge in [0.2, 0.25) is 0 Å². The molecule has 27 heavy (non-hydrogen) atoms. The van der Waals surface area contributed by atoms with Crippen LogP contribution in [0.15, 0.2) is 29.4 Å². The molecule has 8 heteroatoms. The van der Waals surface area contributed by atoms with E-state index in [1.807, 2.05) is 29.4 Å². The Hall–Kier alpha value is -1.73. The van der Waals surface area contributed by atoms with Gasteiger partial charge in [0.25, 0.3) is 0 Å². The molecule has 1 aromatic heterocycles. The fourth-order valence-corrected chi connectivity index (χ4v) is 4.54. The molecule has 2 aromatic rings. The highest BCUT2D eigenvalue weighted by atomic mass is 35.5. The average molecular weight is 406 g/mol. The third kappa shape index (κ3) is 4.24. The molecular weight excluding hydrogens is 382 g/mol. The van der Waals surface area contributed by atoms with Gasteiger partial charge in [-0.25, -0.2) is 4.79 Å². The van der Waals surface area contributed by atoms with Crippen molar-refractivity contribution in [3.8, 4) is 0 Å². The van der Waals surface area contributed by atoms with Gasteiger partial charge < -0.3 is 14.8 Å². The Morgan fingerprint density at radius 1 is 1.37 bits per heavy atom. The lowest BCUT2D eigenvalue weighted by Crippen LogP contribution is -2.42. The number of anilines is 1. The molecule has 1 saturated carbocycles. The van der Waals surface area contributed by atoms with Crippen LogP contribution in [0, 0.1) is 0 Å². The first-order chi connectivity index (χ1) is 13.2. The van der Waals surface area contributed by atoms with Crippen LogP contribution in [0.2, 0.25) is 5.02 Å². The molecule has 0 unspecified atom stereocenters. The lowest BCUT2D eigenvalue weighted by atomic mass is 9.97. The summed E-state index contributed by atoms with van der Waals surface area (Å²) in [5, 5.41) is 12.2. The number of halogens is 1. The molecule has 1 aliphatic heterocycles. The minimum Gasteiger partial charge on any atom is -0.324 e. The zero-order valence-corrected chi connectivity index (χ0v) is 17.0. The van der Waals surface area contributed by atoms with Gasteiger partial charge in [-0.2, -0.15) is 0 Å². The molecule has 144 valence electrons. The molecular formula is C19H24ClN5OS. The first kappa shape index (κ1) is 18.6. The Labute approximate surface area is 168 Å². The molecule has 1 atom stereocenters. The van der Waals surface area contributed by atoms with E-state index >= 15 is 0 Å². The number of nitrogens with zero attached hydrogens (tertiary/aromatic N) is 4. The van der Waals surface area contributed by atoms with E-state index in [1.54, 1.807) is 11.8 Å². The van der Waals surface area contributed by atoms with Gasteiger partial charge in [0.05, 0.1) is 5.69 Å². The Morgan fingerprint density at radius 3 is 3.00 bits per heavy atom. The number of carbonyl (C=O) groups is 1. The van der Waals surface area contributed by atoms with Crippen molar-refractivity contribution in [2.24, 2.45) is 0 Å². The molecule has 0 bridgehead atoms. The second kappa shape index (κ2) is 8.10. The zero-order valence-electron chi connectivity index (χ0n) is 15.4. The number of carbonyl (C=O) groups excluding carboxylic acids is 1. The fourth-order valence-electron chi connectivity index (χ4n) is 3.63. The van der Waals surface area contributed by atoms with Gasteiger partial charge in [-0.05, 0) is 49.6 Å². The lowest BCUT2D eigenvalue weighted by Gasteiger charge is -2.32. The van der Waals surface area contributed by atoms with Crippen molar-refractivity contribution in [1.29, 1.82) is 0 Å². The number of hydrogen-bond donors (Lipinski definition) is 1. The van der Waals surface area contributed by atoms with Crippen molar-refractivity contribution in [1.82, 2.24) is 19.7 Å². The topological polar surface area (TPSA) is 63.1 Å². The van der Waals surface area contributed by atoms with Gasteiger partial charge in [0, 0.05) is 35.0 Å². The van der Waals surface area contributed by atoms with Crippen molar-refractivity contribution < 1.29 is 4.79 Å². The van der Waals surface area contributed by atoms with Gasteiger partial charge in [-0.15, -0.1) is 22.0 Å². The van der Waals surface area contributed by atoms with Gasteiger partial charge in [-0.3, -0.25) is 0 Å². The molecule has 6 nitrogen and oxygen atoms in total. The van der Waals surface area contributed by atoms with Crippen molar-refractivity contribution in [3.05, 3.63) is 35.4 Å². The maximum Gasteiger partial charge on any atom is 0.321 e. The summed E-state index contributed by atoms with van der Waals surface area (Å²) in [7, 11) is 0.